The lowest BCUT2D eigenvalue weighted by Gasteiger charge is -2.02. The molecule has 0 aliphatic carbocycles. The first-order valence-corrected chi connectivity index (χ1v) is 3.88. The Labute approximate surface area is 74.8 Å². The molecule has 1 heterocycles. The van der Waals surface area contributed by atoms with Crippen LogP contribution in [0.3, 0.4) is 0 Å². The molecule has 0 saturated heterocycles. The lowest BCUT2D eigenvalue weighted by Crippen LogP contribution is -2.18. The number of hydrogen-bond acceptors (Lipinski definition) is 4. The number of hydrogen-bond donors (Lipinski definition) is 1. The van der Waals surface area contributed by atoms with Crippen LogP contribution >= 0.6 is 0 Å². The van der Waals surface area contributed by atoms with Gasteiger partial charge in [-0.25, -0.2) is 14.6 Å². The standard InChI is InChI=1S/C8H10N2O3/c1-3-13-7(11)6-5(2)4-9-8(12)10-6/h4H,3H2,1-2H3,(H,9,10,12). The van der Waals surface area contributed by atoms with Gasteiger partial charge >= 0.3 is 11.7 Å². The summed E-state index contributed by atoms with van der Waals surface area (Å²) in [5, 5.41) is 0. The highest BCUT2D eigenvalue weighted by molar-refractivity contribution is 5.88. The number of rotatable bonds is 2. The summed E-state index contributed by atoms with van der Waals surface area (Å²) in [7, 11) is 0. The van der Waals surface area contributed by atoms with Crippen molar-refractivity contribution in [2.75, 3.05) is 6.61 Å². The van der Waals surface area contributed by atoms with Gasteiger partial charge in [0, 0.05) is 6.20 Å². The molecule has 0 bridgehead atoms. The second-order valence-corrected chi connectivity index (χ2v) is 2.47. The minimum absolute atomic E-state index is 0.168. The van der Waals surface area contributed by atoms with Crippen LogP contribution < -0.4 is 5.69 Å². The Hall–Kier alpha value is -1.65. The Morgan fingerprint density at radius 1 is 1.69 bits per heavy atom. The molecule has 0 fully saturated rings. The van der Waals surface area contributed by atoms with Crippen LogP contribution in [0.5, 0.6) is 0 Å². The molecule has 0 aliphatic heterocycles. The Balaban J connectivity index is 3.06. The number of esters is 1. The summed E-state index contributed by atoms with van der Waals surface area (Å²) in [6.07, 6.45) is 1.34. The molecule has 0 unspecified atom stereocenters. The smallest absolute Gasteiger partial charge is 0.355 e. The number of nitrogens with zero attached hydrogens (tertiary/aromatic N) is 1. The number of aromatic nitrogens is 2. The molecule has 0 radical (unpaired) electrons. The van der Waals surface area contributed by atoms with E-state index in [0.717, 1.165) is 0 Å². The molecule has 0 aromatic carbocycles. The van der Waals surface area contributed by atoms with Crippen LogP contribution in [0.15, 0.2) is 11.0 Å². The van der Waals surface area contributed by atoms with Gasteiger partial charge in [0.2, 0.25) is 0 Å². The van der Waals surface area contributed by atoms with E-state index in [1.165, 1.54) is 6.20 Å². The highest BCUT2D eigenvalue weighted by atomic mass is 16.5. The molecular weight excluding hydrogens is 172 g/mol. The van der Waals surface area contributed by atoms with Crippen molar-refractivity contribution in [2.45, 2.75) is 13.8 Å². The zero-order chi connectivity index (χ0) is 9.84. The Kier molecular flexibility index (Phi) is 2.79. The van der Waals surface area contributed by atoms with Crippen molar-refractivity contribution in [1.82, 2.24) is 9.97 Å². The van der Waals surface area contributed by atoms with E-state index in [4.69, 9.17) is 4.74 Å². The molecule has 1 rings (SSSR count). The average molecular weight is 182 g/mol. The molecule has 0 atom stereocenters. The van der Waals surface area contributed by atoms with Gasteiger partial charge in [0.05, 0.1) is 6.61 Å². The van der Waals surface area contributed by atoms with E-state index in [0.29, 0.717) is 5.56 Å². The van der Waals surface area contributed by atoms with Crippen LogP contribution in [0, 0.1) is 6.92 Å². The minimum Gasteiger partial charge on any atom is -0.461 e. The summed E-state index contributed by atoms with van der Waals surface area (Å²) in [6, 6.07) is 0. The maximum atomic E-state index is 11.2. The summed E-state index contributed by atoms with van der Waals surface area (Å²) in [4.78, 5) is 27.8. The van der Waals surface area contributed by atoms with Gasteiger partial charge in [-0.15, -0.1) is 0 Å². The third-order valence-electron chi connectivity index (χ3n) is 1.48. The summed E-state index contributed by atoms with van der Waals surface area (Å²) in [5.74, 6) is -0.528. The van der Waals surface area contributed by atoms with Gasteiger partial charge in [-0.3, -0.25) is 4.98 Å². The summed E-state index contributed by atoms with van der Waals surface area (Å²) < 4.78 is 4.73. The molecule has 0 aliphatic rings. The monoisotopic (exact) mass is 182 g/mol. The summed E-state index contributed by atoms with van der Waals surface area (Å²) in [5.41, 5.74) is 0.216. The predicted octanol–water partition coefficient (Wildman–Crippen LogP) is 0.255. The number of H-pyrrole nitrogens is 1. The maximum Gasteiger partial charge on any atom is 0.355 e. The van der Waals surface area contributed by atoms with E-state index in [-0.39, 0.29) is 12.3 Å². The maximum absolute atomic E-state index is 11.2. The van der Waals surface area contributed by atoms with Crippen molar-refractivity contribution in [3.63, 3.8) is 0 Å². The second kappa shape index (κ2) is 3.84. The van der Waals surface area contributed by atoms with Crippen molar-refractivity contribution in [3.05, 3.63) is 27.9 Å². The van der Waals surface area contributed by atoms with Gasteiger partial charge in [0.15, 0.2) is 0 Å². The van der Waals surface area contributed by atoms with E-state index in [9.17, 15) is 9.59 Å². The molecule has 0 spiro atoms. The number of nitrogens with one attached hydrogen (secondary N) is 1. The van der Waals surface area contributed by atoms with E-state index in [1.807, 2.05) is 0 Å². The molecule has 1 aromatic heterocycles. The molecule has 0 amide bonds. The Bertz CT molecular complexity index is 370. The minimum atomic E-state index is -0.548. The molecular formula is C8H10N2O3. The lowest BCUT2D eigenvalue weighted by molar-refractivity contribution is 0.0518. The Morgan fingerprint density at radius 2 is 2.38 bits per heavy atom. The van der Waals surface area contributed by atoms with E-state index in [2.05, 4.69) is 9.97 Å². The highest BCUT2D eigenvalue weighted by Crippen LogP contribution is 2.01. The van der Waals surface area contributed by atoms with Gasteiger partial charge in [0.25, 0.3) is 0 Å². The fraction of sp³-hybridized carbons (Fsp3) is 0.375. The molecule has 5 heteroatoms. The van der Waals surface area contributed by atoms with Crippen LogP contribution in [-0.4, -0.2) is 22.5 Å². The van der Waals surface area contributed by atoms with Crippen molar-refractivity contribution >= 4 is 5.97 Å². The number of aromatic amines is 1. The van der Waals surface area contributed by atoms with Crippen LogP contribution in [0.2, 0.25) is 0 Å². The van der Waals surface area contributed by atoms with Crippen molar-refractivity contribution in [2.24, 2.45) is 0 Å². The number of aryl methyl sites for hydroxylation is 1. The second-order valence-electron chi connectivity index (χ2n) is 2.47. The first kappa shape index (κ1) is 9.44. The van der Waals surface area contributed by atoms with Gasteiger partial charge in [-0.05, 0) is 19.4 Å². The molecule has 0 saturated carbocycles. The normalized spacial score (nSPS) is 9.69. The van der Waals surface area contributed by atoms with E-state index < -0.39 is 11.7 Å². The van der Waals surface area contributed by atoms with Gasteiger partial charge in [-0.2, -0.15) is 0 Å². The van der Waals surface area contributed by atoms with E-state index in [1.54, 1.807) is 13.8 Å². The molecule has 1 aromatic rings. The van der Waals surface area contributed by atoms with Gasteiger partial charge < -0.3 is 4.74 Å². The van der Waals surface area contributed by atoms with Gasteiger partial charge in [-0.1, -0.05) is 0 Å². The zero-order valence-electron chi connectivity index (χ0n) is 7.46. The predicted molar refractivity (Wildman–Crippen MR) is 45.6 cm³/mol. The topological polar surface area (TPSA) is 72.1 Å². The Morgan fingerprint density at radius 3 is 3.00 bits per heavy atom. The van der Waals surface area contributed by atoms with Crippen LogP contribution in [0.4, 0.5) is 0 Å². The summed E-state index contributed by atoms with van der Waals surface area (Å²) >= 11 is 0. The van der Waals surface area contributed by atoms with Crippen LogP contribution in [-0.2, 0) is 4.74 Å². The van der Waals surface area contributed by atoms with Crippen molar-refractivity contribution < 1.29 is 9.53 Å². The quantitative estimate of drug-likeness (QED) is 0.665. The lowest BCUT2D eigenvalue weighted by atomic mass is 10.2. The fourth-order valence-corrected chi connectivity index (χ4v) is 0.873. The third-order valence-corrected chi connectivity index (χ3v) is 1.48. The molecule has 5 nitrogen and oxygen atoms in total. The molecule has 70 valence electrons. The summed E-state index contributed by atoms with van der Waals surface area (Å²) in [6.45, 7) is 3.66. The highest BCUT2D eigenvalue weighted by Gasteiger charge is 2.10. The SMILES string of the molecule is CCOC(=O)c1[nH]c(=O)ncc1C. The number of ether oxygens (including phenoxy) is 1. The first-order chi connectivity index (χ1) is 6.15. The van der Waals surface area contributed by atoms with Crippen molar-refractivity contribution in [1.29, 1.82) is 0 Å². The van der Waals surface area contributed by atoms with E-state index >= 15 is 0 Å². The van der Waals surface area contributed by atoms with Crippen LogP contribution in [0.25, 0.3) is 0 Å². The number of carbonyl (C=O) groups excluding carboxylic acids is 1. The zero-order valence-corrected chi connectivity index (χ0v) is 7.46. The molecule has 1 N–H and O–H groups in total. The van der Waals surface area contributed by atoms with Crippen molar-refractivity contribution in [3.8, 4) is 0 Å². The first-order valence-electron chi connectivity index (χ1n) is 3.88. The third kappa shape index (κ3) is 2.14. The molecule has 13 heavy (non-hydrogen) atoms. The number of carbonyl (C=O) groups is 1. The fourth-order valence-electron chi connectivity index (χ4n) is 0.873. The van der Waals surface area contributed by atoms with Crippen LogP contribution in [0.1, 0.15) is 23.0 Å². The largest absolute Gasteiger partial charge is 0.461 e. The average Bonchev–Trinajstić information content (AvgIpc) is 2.09. The van der Waals surface area contributed by atoms with Gasteiger partial charge in [0.1, 0.15) is 5.69 Å².